The zero-order chi connectivity index (χ0) is 10.6. The van der Waals surface area contributed by atoms with E-state index in [1.807, 2.05) is 0 Å². The van der Waals surface area contributed by atoms with E-state index >= 15 is 0 Å². The lowest BCUT2D eigenvalue weighted by atomic mass is 10.5. The van der Waals surface area contributed by atoms with Gasteiger partial charge in [-0.2, -0.15) is 4.98 Å². The van der Waals surface area contributed by atoms with Gasteiger partial charge in [-0.15, -0.1) is 0 Å². The van der Waals surface area contributed by atoms with Crippen molar-refractivity contribution in [2.24, 2.45) is 0 Å². The van der Waals surface area contributed by atoms with Crippen molar-refractivity contribution in [1.29, 1.82) is 0 Å². The largest absolute Gasteiger partial charge is 0.480 e. The van der Waals surface area contributed by atoms with E-state index in [1.165, 1.54) is 24.4 Å². The summed E-state index contributed by atoms with van der Waals surface area (Å²) in [7, 11) is 3.10. The Bertz CT molecular complexity index is 329. The minimum Gasteiger partial charge on any atom is -0.480 e. The third-order valence-corrected chi connectivity index (χ3v) is 1.57. The van der Waals surface area contributed by atoms with Crippen molar-refractivity contribution in [3.8, 4) is 5.88 Å². The van der Waals surface area contributed by atoms with Crippen LogP contribution in [0.5, 0.6) is 5.88 Å². The minimum absolute atomic E-state index is 0.123. The maximum Gasteiger partial charge on any atom is 0.323 e. The molecule has 0 aromatic carbocycles. The Hall–Kier alpha value is -1.85. The zero-order valence-electron chi connectivity index (χ0n) is 7.97. The van der Waals surface area contributed by atoms with E-state index < -0.39 is 5.97 Å². The number of ether oxygens (including phenoxy) is 1. The Morgan fingerprint density at radius 2 is 2.36 bits per heavy atom. The molecule has 6 heteroatoms. The molecule has 1 rings (SSSR count). The van der Waals surface area contributed by atoms with Gasteiger partial charge in [0.15, 0.2) is 5.82 Å². The first-order chi connectivity index (χ1) is 6.63. The molecule has 0 spiro atoms. The van der Waals surface area contributed by atoms with Gasteiger partial charge in [0.2, 0.25) is 5.88 Å². The third kappa shape index (κ3) is 2.58. The second kappa shape index (κ2) is 4.40. The van der Waals surface area contributed by atoms with E-state index in [0.29, 0.717) is 11.7 Å². The van der Waals surface area contributed by atoms with E-state index in [-0.39, 0.29) is 6.54 Å². The molecule has 0 fully saturated rings. The van der Waals surface area contributed by atoms with E-state index in [0.717, 1.165) is 0 Å². The number of carboxylic acids is 1. The number of carboxylic acid groups (broad SMARTS) is 1. The molecular formula is C8H11N3O3. The van der Waals surface area contributed by atoms with Crippen LogP contribution >= 0.6 is 0 Å². The number of aliphatic carboxylic acids is 1. The van der Waals surface area contributed by atoms with E-state index in [4.69, 9.17) is 9.84 Å². The monoisotopic (exact) mass is 197 g/mol. The molecule has 0 amide bonds. The topological polar surface area (TPSA) is 75.5 Å². The summed E-state index contributed by atoms with van der Waals surface area (Å²) in [5.41, 5.74) is 0. The van der Waals surface area contributed by atoms with Crippen LogP contribution < -0.4 is 9.64 Å². The molecule has 0 unspecified atom stereocenters. The molecule has 1 aromatic rings. The highest BCUT2D eigenvalue weighted by atomic mass is 16.5. The number of aromatic nitrogens is 2. The predicted octanol–water partition coefficient (Wildman–Crippen LogP) is 0.00600. The lowest BCUT2D eigenvalue weighted by Crippen LogP contribution is -2.26. The van der Waals surface area contributed by atoms with Crippen LogP contribution in [0.4, 0.5) is 5.82 Å². The molecule has 0 bridgehead atoms. The summed E-state index contributed by atoms with van der Waals surface area (Å²) >= 11 is 0. The van der Waals surface area contributed by atoms with Gasteiger partial charge >= 0.3 is 5.97 Å². The summed E-state index contributed by atoms with van der Waals surface area (Å²) < 4.78 is 4.86. The van der Waals surface area contributed by atoms with Gasteiger partial charge in [0.1, 0.15) is 6.54 Å². The van der Waals surface area contributed by atoms with Gasteiger partial charge in [-0.25, -0.2) is 0 Å². The van der Waals surface area contributed by atoms with Crippen LogP contribution in [0.3, 0.4) is 0 Å². The predicted molar refractivity (Wildman–Crippen MR) is 49.5 cm³/mol. The van der Waals surface area contributed by atoms with Gasteiger partial charge in [-0.1, -0.05) is 0 Å². The van der Waals surface area contributed by atoms with Crippen molar-refractivity contribution in [1.82, 2.24) is 9.97 Å². The first kappa shape index (κ1) is 10.2. The van der Waals surface area contributed by atoms with Crippen LogP contribution in [-0.2, 0) is 4.79 Å². The molecule has 1 heterocycles. The number of methoxy groups -OCH3 is 1. The molecule has 0 aliphatic heterocycles. The van der Waals surface area contributed by atoms with Gasteiger partial charge in [0.25, 0.3) is 0 Å². The molecule has 0 atom stereocenters. The fraction of sp³-hybridized carbons (Fsp3) is 0.375. The maximum absolute atomic E-state index is 10.4. The molecule has 0 radical (unpaired) electrons. The first-order valence-electron chi connectivity index (χ1n) is 3.92. The highest BCUT2D eigenvalue weighted by molar-refractivity contribution is 5.72. The molecule has 1 aromatic heterocycles. The minimum atomic E-state index is -0.919. The summed E-state index contributed by atoms with van der Waals surface area (Å²) in [5.74, 6) is -0.0939. The van der Waals surface area contributed by atoms with Crippen LogP contribution in [0, 0.1) is 0 Å². The number of anilines is 1. The van der Waals surface area contributed by atoms with E-state index in [9.17, 15) is 4.79 Å². The fourth-order valence-corrected chi connectivity index (χ4v) is 0.904. The van der Waals surface area contributed by atoms with Gasteiger partial charge in [0, 0.05) is 7.05 Å². The van der Waals surface area contributed by atoms with Gasteiger partial charge in [-0.05, 0) is 0 Å². The summed E-state index contributed by atoms with van der Waals surface area (Å²) in [4.78, 5) is 19.8. The molecule has 6 nitrogen and oxygen atoms in total. The van der Waals surface area contributed by atoms with Crippen molar-refractivity contribution in [3.05, 3.63) is 12.4 Å². The van der Waals surface area contributed by atoms with Gasteiger partial charge in [0.05, 0.1) is 19.5 Å². The lowest BCUT2D eigenvalue weighted by molar-refractivity contribution is -0.135. The molecular weight excluding hydrogens is 186 g/mol. The zero-order valence-corrected chi connectivity index (χ0v) is 7.97. The Balaban J connectivity index is 2.78. The summed E-state index contributed by atoms with van der Waals surface area (Å²) in [5, 5.41) is 8.55. The fourth-order valence-electron chi connectivity index (χ4n) is 0.904. The van der Waals surface area contributed by atoms with Gasteiger partial charge < -0.3 is 14.7 Å². The van der Waals surface area contributed by atoms with Crippen molar-refractivity contribution < 1.29 is 14.6 Å². The van der Waals surface area contributed by atoms with E-state index in [2.05, 4.69) is 9.97 Å². The quantitative estimate of drug-likeness (QED) is 0.732. The summed E-state index contributed by atoms with van der Waals surface area (Å²) in [6, 6.07) is 0. The molecule has 1 N–H and O–H groups in total. The van der Waals surface area contributed by atoms with Crippen LogP contribution in [0.15, 0.2) is 12.4 Å². The van der Waals surface area contributed by atoms with Crippen LogP contribution in [0.25, 0.3) is 0 Å². The number of carbonyl (C=O) groups is 1. The van der Waals surface area contributed by atoms with Crippen LogP contribution in [-0.4, -0.2) is 41.7 Å². The summed E-state index contributed by atoms with van der Waals surface area (Å²) in [6.45, 7) is -0.123. The molecule has 0 saturated carbocycles. The van der Waals surface area contributed by atoms with E-state index in [1.54, 1.807) is 7.05 Å². The molecule has 76 valence electrons. The van der Waals surface area contributed by atoms with Crippen LogP contribution in [0.2, 0.25) is 0 Å². The average molecular weight is 197 g/mol. The highest BCUT2D eigenvalue weighted by Crippen LogP contribution is 2.11. The Morgan fingerprint density at radius 3 is 2.93 bits per heavy atom. The van der Waals surface area contributed by atoms with Crippen molar-refractivity contribution in [3.63, 3.8) is 0 Å². The standard InChI is InChI=1S/C8H11N3O3/c1-11(5-8(12)13)6-3-9-4-7(10-6)14-2/h3-4H,5H2,1-2H3,(H,12,13). The molecule has 0 aliphatic carbocycles. The highest BCUT2D eigenvalue weighted by Gasteiger charge is 2.07. The summed E-state index contributed by atoms with van der Waals surface area (Å²) in [6.07, 6.45) is 2.93. The molecule has 0 aliphatic rings. The number of rotatable bonds is 4. The number of hydrogen-bond acceptors (Lipinski definition) is 5. The second-order valence-corrected chi connectivity index (χ2v) is 2.67. The van der Waals surface area contributed by atoms with Gasteiger partial charge in [-0.3, -0.25) is 9.78 Å². The average Bonchev–Trinajstić information content (AvgIpc) is 2.17. The molecule has 14 heavy (non-hydrogen) atoms. The number of hydrogen-bond donors (Lipinski definition) is 1. The Labute approximate surface area is 81.2 Å². The Morgan fingerprint density at radius 1 is 1.64 bits per heavy atom. The van der Waals surface area contributed by atoms with Crippen molar-refractivity contribution in [2.45, 2.75) is 0 Å². The lowest BCUT2D eigenvalue weighted by Gasteiger charge is -2.14. The van der Waals surface area contributed by atoms with Crippen molar-refractivity contribution >= 4 is 11.8 Å². The van der Waals surface area contributed by atoms with Crippen LogP contribution in [0.1, 0.15) is 0 Å². The SMILES string of the molecule is COc1cncc(N(C)CC(=O)O)n1. The first-order valence-corrected chi connectivity index (χ1v) is 3.92. The normalized spacial score (nSPS) is 9.57. The number of nitrogens with zero attached hydrogens (tertiary/aromatic N) is 3. The Kier molecular flexibility index (Phi) is 3.22. The second-order valence-electron chi connectivity index (χ2n) is 2.67. The maximum atomic E-state index is 10.4. The van der Waals surface area contributed by atoms with Crippen molar-refractivity contribution in [2.75, 3.05) is 25.6 Å². The molecule has 0 saturated heterocycles. The third-order valence-electron chi connectivity index (χ3n) is 1.57. The smallest absolute Gasteiger partial charge is 0.323 e. The number of likely N-dealkylation sites (N-methyl/N-ethyl adjacent to an activating group) is 1.